The van der Waals surface area contributed by atoms with Gasteiger partial charge < -0.3 is 4.90 Å². The van der Waals surface area contributed by atoms with Gasteiger partial charge in [0, 0.05) is 32.7 Å². The average molecular weight is 350 g/mol. The molecule has 1 aliphatic heterocycles. The Labute approximate surface area is 153 Å². The first-order chi connectivity index (χ1) is 12.3. The lowest BCUT2D eigenvalue weighted by atomic mass is 10.2. The van der Waals surface area contributed by atoms with Crippen LogP contribution in [0.1, 0.15) is 11.1 Å². The van der Waals surface area contributed by atoms with Gasteiger partial charge in [-0.3, -0.25) is 4.90 Å². The summed E-state index contributed by atoms with van der Waals surface area (Å²) >= 11 is 1.82. The number of piperazine rings is 1. The fourth-order valence-electron chi connectivity index (χ4n) is 3.23. The Morgan fingerprint density at radius 3 is 2.56 bits per heavy atom. The van der Waals surface area contributed by atoms with Crippen LogP contribution in [0.15, 0.2) is 54.6 Å². The van der Waals surface area contributed by atoms with Gasteiger partial charge in [0.05, 0.1) is 10.2 Å². The molecule has 0 spiro atoms. The molecule has 3 nitrogen and oxygen atoms in total. The minimum absolute atomic E-state index is 1.02. The van der Waals surface area contributed by atoms with Crippen molar-refractivity contribution in [2.24, 2.45) is 0 Å². The summed E-state index contributed by atoms with van der Waals surface area (Å²) in [7, 11) is 0. The third kappa shape index (κ3) is 3.75. The van der Waals surface area contributed by atoms with Gasteiger partial charge in [-0.25, -0.2) is 4.98 Å². The Hall–Kier alpha value is -2.17. The molecule has 2 heterocycles. The van der Waals surface area contributed by atoms with Gasteiger partial charge in [-0.2, -0.15) is 0 Å². The number of hydrogen-bond donors (Lipinski definition) is 0. The minimum atomic E-state index is 1.02. The Balaban J connectivity index is 1.34. The van der Waals surface area contributed by atoms with Gasteiger partial charge in [0.15, 0.2) is 5.13 Å². The second kappa shape index (κ2) is 7.38. The quantitative estimate of drug-likeness (QED) is 0.694. The summed E-state index contributed by atoms with van der Waals surface area (Å²) in [6, 6.07) is 16.9. The maximum absolute atomic E-state index is 4.87. The highest BCUT2D eigenvalue weighted by Gasteiger charge is 2.19. The molecule has 0 unspecified atom stereocenters. The van der Waals surface area contributed by atoms with Crippen molar-refractivity contribution in [2.45, 2.75) is 6.92 Å². The van der Waals surface area contributed by atoms with E-state index in [9.17, 15) is 0 Å². The highest BCUT2D eigenvalue weighted by atomic mass is 32.1. The number of benzene rings is 2. The topological polar surface area (TPSA) is 19.4 Å². The zero-order valence-electron chi connectivity index (χ0n) is 14.6. The van der Waals surface area contributed by atoms with Crippen LogP contribution < -0.4 is 4.90 Å². The molecule has 0 saturated carbocycles. The molecular formula is C21H23N3S. The molecule has 0 aliphatic carbocycles. The number of para-hydroxylation sites is 1. The van der Waals surface area contributed by atoms with Crippen LogP contribution in [0.2, 0.25) is 0 Å². The summed E-state index contributed by atoms with van der Waals surface area (Å²) in [4.78, 5) is 9.82. The number of nitrogens with zero attached hydrogens (tertiary/aromatic N) is 3. The maximum Gasteiger partial charge on any atom is 0.186 e. The SMILES string of the molecule is Cc1cccc2sc(N3CCN(C/C=C/c4ccccc4)CC3)nc12. The van der Waals surface area contributed by atoms with Gasteiger partial charge in [-0.05, 0) is 24.1 Å². The molecule has 0 radical (unpaired) electrons. The van der Waals surface area contributed by atoms with Crippen molar-refractivity contribution in [1.29, 1.82) is 0 Å². The van der Waals surface area contributed by atoms with E-state index < -0.39 is 0 Å². The second-order valence-corrected chi connectivity index (χ2v) is 7.53. The van der Waals surface area contributed by atoms with Gasteiger partial charge in [-0.1, -0.05) is 66.0 Å². The molecular weight excluding hydrogens is 326 g/mol. The third-order valence-electron chi connectivity index (χ3n) is 4.73. The van der Waals surface area contributed by atoms with E-state index in [4.69, 9.17) is 4.98 Å². The fraction of sp³-hybridized carbons (Fsp3) is 0.286. The van der Waals surface area contributed by atoms with Gasteiger partial charge in [-0.15, -0.1) is 0 Å². The summed E-state index contributed by atoms with van der Waals surface area (Å²) in [6.45, 7) is 7.45. The van der Waals surface area contributed by atoms with Gasteiger partial charge in [0.25, 0.3) is 0 Å². The van der Waals surface area contributed by atoms with Crippen molar-refractivity contribution in [3.63, 3.8) is 0 Å². The van der Waals surface area contributed by atoms with Crippen molar-refractivity contribution in [2.75, 3.05) is 37.6 Å². The number of fused-ring (bicyclic) bond motifs is 1. The zero-order valence-corrected chi connectivity index (χ0v) is 15.4. The molecule has 4 rings (SSSR count). The molecule has 1 saturated heterocycles. The number of anilines is 1. The van der Waals surface area contributed by atoms with E-state index in [1.165, 1.54) is 21.0 Å². The van der Waals surface area contributed by atoms with Crippen LogP contribution in [0.3, 0.4) is 0 Å². The molecule has 4 heteroatoms. The Kier molecular flexibility index (Phi) is 4.81. The monoisotopic (exact) mass is 349 g/mol. The lowest BCUT2D eigenvalue weighted by molar-refractivity contribution is 0.284. The smallest absolute Gasteiger partial charge is 0.186 e. The first-order valence-electron chi connectivity index (χ1n) is 8.85. The summed E-state index contributed by atoms with van der Waals surface area (Å²) in [5, 5.41) is 1.17. The minimum Gasteiger partial charge on any atom is -0.345 e. The molecule has 0 atom stereocenters. The van der Waals surface area contributed by atoms with E-state index in [0.717, 1.165) is 38.2 Å². The molecule has 128 valence electrons. The molecule has 0 bridgehead atoms. The lowest BCUT2D eigenvalue weighted by Gasteiger charge is -2.33. The van der Waals surface area contributed by atoms with E-state index in [2.05, 4.69) is 77.4 Å². The van der Waals surface area contributed by atoms with Crippen LogP contribution in [0, 0.1) is 6.92 Å². The largest absolute Gasteiger partial charge is 0.345 e. The van der Waals surface area contributed by atoms with Crippen LogP contribution >= 0.6 is 11.3 Å². The number of thiazole rings is 1. The van der Waals surface area contributed by atoms with Crippen LogP contribution in [0.5, 0.6) is 0 Å². The van der Waals surface area contributed by atoms with E-state index >= 15 is 0 Å². The van der Waals surface area contributed by atoms with Gasteiger partial charge in [0.2, 0.25) is 0 Å². The number of aryl methyl sites for hydroxylation is 1. The normalized spacial score (nSPS) is 16.1. The standard InChI is InChI=1S/C21H23N3S/c1-17-7-5-11-19-20(17)22-21(25-19)24-15-13-23(14-16-24)12-6-10-18-8-3-2-4-9-18/h2-11H,12-16H2,1H3/b10-6+. The summed E-state index contributed by atoms with van der Waals surface area (Å²) in [6.07, 6.45) is 4.48. The first kappa shape index (κ1) is 16.3. The number of rotatable bonds is 4. The molecule has 0 N–H and O–H groups in total. The molecule has 2 aromatic carbocycles. The van der Waals surface area contributed by atoms with Crippen molar-refractivity contribution < 1.29 is 0 Å². The van der Waals surface area contributed by atoms with E-state index in [0.29, 0.717) is 0 Å². The van der Waals surface area contributed by atoms with Crippen molar-refractivity contribution in [1.82, 2.24) is 9.88 Å². The Morgan fingerprint density at radius 1 is 1.00 bits per heavy atom. The lowest BCUT2D eigenvalue weighted by Crippen LogP contribution is -2.46. The number of hydrogen-bond acceptors (Lipinski definition) is 4. The third-order valence-corrected chi connectivity index (χ3v) is 5.81. The predicted octanol–water partition coefficient (Wildman–Crippen LogP) is 4.44. The van der Waals surface area contributed by atoms with E-state index in [-0.39, 0.29) is 0 Å². The molecule has 1 fully saturated rings. The van der Waals surface area contributed by atoms with Crippen molar-refractivity contribution in [3.05, 3.63) is 65.7 Å². The summed E-state index contributed by atoms with van der Waals surface area (Å²) in [5.41, 5.74) is 3.70. The van der Waals surface area contributed by atoms with Crippen LogP contribution in [0.4, 0.5) is 5.13 Å². The van der Waals surface area contributed by atoms with Crippen LogP contribution in [-0.2, 0) is 0 Å². The number of aromatic nitrogens is 1. The first-order valence-corrected chi connectivity index (χ1v) is 9.66. The Bertz CT molecular complexity index is 861. The maximum atomic E-state index is 4.87. The molecule has 0 amide bonds. The van der Waals surface area contributed by atoms with E-state index in [1.54, 1.807) is 0 Å². The fourth-order valence-corrected chi connectivity index (χ4v) is 4.33. The summed E-state index contributed by atoms with van der Waals surface area (Å²) < 4.78 is 1.29. The van der Waals surface area contributed by atoms with Gasteiger partial charge >= 0.3 is 0 Å². The molecule has 3 aromatic rings. The highest BCUT2D eigenvalue weighted by Crippen LogP contribution is 2.30. The van der Waals surface area contributed by atoms with E-state index in [1.807, 2.05) is 11.3 Å². The second-order valence-electron chi connectivity index (χ2n) is 6.52. The molecule has 1 aliphatic rings. The van der Waals surface area contributed by atoms with Gasteiger partial charge in [0.1, 0.15) is 0 Å². The van der Waals surface area contributed by atoms with Crippen LogP contribution in [0.25, 0.3) is 16.3 Å². The molecule has 25 heavy (non-hydrogen) atoms. The van der Waals surface area contributed by atoms with Crippen LogP contribution in [-0.4, -0.2) is 42.6 Å². The van der Waals surface area contributed by atoms with Crippen molar-refractivity contribution in [3.8, 4) is 0 Å². The zero-order chi connectivity index (χ0) is 17.1. The molecule has 1 aromatic heterocycles. The average Bonchev–Trinajstić information content (AvgIpc) is 3.09. The van der Waals surface area contributed by atoms with Crippen molar-refractivity contribution >= 4 is 32.8 Å². The predicted molar refractivity (Wildman–Crippen MR) is 108 cm³/mol. The Morgan fingerprint density at radius 2 is 1.80 bits per heavy atom. The highest BCUT2D eigenvalue weighted by molar-refractivity contribution is 7.22. The summed E-state index contributed by atoms with van der Waals surface area (Å²) in [5.74, 6) is 0.